The number of nitro benzene ring substituents is 1. The van der Waals surface area contributed by atoms with E-state index in [9.17, 15) is 19.7 Å². The van der Waals surface area contributed by atoms with E-state index in [-0.39, 0.29) is 17.0 Å². The van der Waals surface area contributed by atoms with Crippen LogP contribution in [-0.4, -0.2) is 28.2 Å². The van der Waals surface area contributed by atoms with Crippen molar-refractivity contribution in [2.24, 2.45) is 0 Å². The van der Waals surface area contributed by atoms with Crippen LogP contribution >= 0.6 is 23.5 Å². The summed E-state index contributed by atoms with van der Waals surface area (Å²) in [7, 11) is 1.29. The standard InChI is InChI=1S/C22H15ClN4O6S/c1-32-19-8-6-12(10-17(19)27(30)31)21(28)34-26-22(29)24-13-7-9-18-16(11-13)25-20(33-18)14-4-2-3-5-15(14)23/h2-11H,1H3,(H2,24,26,29). The minimum atomic E-state index is -0.671. The number of fused-ring (bicyclic) bond motifs is 1. The van der Waals surface area contributed by atoms with Crippen molar-refractivity contribution in [3.8, 4) is 17.2 Å². The van der Waals surface area contributed by atoms with Crippen LogP contribution in [0.2, 0.25) is 5.02 Å². The van der Waals surface area contributed by atoms with Gasteiger partial charge in [-0.3, -0.25) is 19.6 Å². The van der Waals surface area contributed by atoms with Crippen molar-refractivity contribution < 1.29 is 23.7 Å². The van der Waals surface area contributed by atoms with Gasteiger partial charge in [0.2, 0.25) is 11.0 Å². The summed E-state index contributed by atoms with van der Waals surface area (Å²) in [6.07, 6.45) is 0. The average Bonchev–Trinajstić information content (AvgIpc) is 3.25. The fourth-order valence-electron chi connectivity index (χ4n) is 3.02. The van der Waals surface area contributed by atoms with Gasteiger partial charge in [-0.1, -0.05) is 23.7 Å². The molecule has 4 rings (SSSR count). The van der Waals surface area contributed by atoms with Crippen molar-refractivity contribution in [3.05, 3.63) is 81.4 Å². The van der Waals surface area contributed by atoms with Crippen molar-refractivity contribution >= 4 is 57.2 Å². The maximum atomic E-state index is 12.3. The Hall–Kier alpha value is -4.09. The number of urea groups is 1. The van der Waals surface area contributed by atoms with E-state index in [0.29, 0.717) is 45.2 Å². The first-order valence-corrected chi connectivity index (χ1v) is 10.8. The summed E-state index contributed by atoms with van der Waals surface area (Å²) >= 11 is 6.68. The first-order valence-electron chi connectivity index (χ1n) is 9.62. The number of hydrogen-bond donors (Lipinski definition) is 2. The number of hydrogen-bond acceptors (Lipinski definition) is 8. The van der Waals surface area contributed by atoms with Crippen LogP contribution < -0.4 is 14.8 Å². The largest absolute Gasteiger partial charge is 0.490 e. The van der Waals surface area contributed by atoms with Gasteiger partial charge in [0.25, 0.3) is 0 Å². The van der Waals surface area contributed by atoms with Crippen molar-refractivity contribution in [2.45, 2.75) is 0 Å². The number of anilines is 1. The molecule has 0 spiro atoms. The number of carbonyl (C=O) groups is 2. The van der Waals surface area contributed by atoms with Crippen LogP contribution in [0.15, 0.2) is 65.1 Å². The molecule has 172 valence electrons. The van der Waals surface area contributed by atoms with E-state index >= 15 is 0 Å². The second-order valence-electron chi connectivity index (χ2n) is 6.77. The van der Waals surface area contributed by atoms with Crippen molar-refractivity contribution in [3.63, 3.8) is 0 Å². The fraction of sp³-hybridized carbons (Fsp3) is 0.0455. The van der Waals surface area contributed by atoms with Crippen LogP contribution in [0.5, 0.6) is 5.75 Å². The number of amides is 2. The van der Waals surface area contributed by atoms with Crippen molar-refractivity contribution in [1.82, 2.24) is 9.71 Å². The molecule has 3 aromatic carbocycles. The lowest BCUT2D eigenvalue weighted by molar-refractivity contribution is -0.385. The minimum absolute atomic E-state index is 0.0261. The average molecular weight is 499 g/mol. The molecule has 10 nitrogen and oxygen atoms in total. The Kier molecular flexibility index (Phi) is 6.66. The third-order valence-corrected chi connectivity index (χ3v) is 5.64. The summed E-state index contributed by atoms with van der Waals surface area (Å²) in [6, 6.07) is 15.1. The summed E-state index contributed by atoms with van der Waals surface area (Å²) in [5.74, 6) is 0.370. The number of nitro groups is 1. The zero-order valence-electron chi connectivity index (χ0n) is 17.4. The summed E-state index contributed by atoms with van der Waals surface area (Å²) in [6.45, 7) is 0. The number of halogens is 1. The van der Waals surface area contributed by atoms with Crippen molar-refractivity contribution in [1.29, 1.82) is 0 Å². The van der Waals surface area contributed by atoms with Gasteiger partial charge in [-0.2, -0.15) is 0 Å². The van der Waals surface area contributed by atoms with Crippen LogP contribution in [0.3, 0.4) is 0 Å². The molecule has 2 N–H and O–H groups in total. The number of methoxy groups -OCH3 is 1. The molecule has 0 aliphatic carbocycles. The molecule has 0 saturated carbocycles. The molecule has 0 fully saturated rings. The first-order chi connectivity index (χ1) is 16.4. The number of nitrogens with one attached hydrogen (secondary N) is 2. The predicted molar refractivity (Wildman–Crippen MR) is 128 cm³/mol. The maximum absolute atomic E-state index is 12.3. The molecule has 0 aliphatic heterocycles. The molecule has 0 atom stereocenters. The molecule has 0 radical (unpaired) electrons. The molecule has 0 bridgehead atoms. The van der Waals surface area contributed by atoms with Gasteiger partial charge in [-0.05, 0) is 42.5 Å². The van der Waals surface area contributed by atoms with Gasteiger partial charge in [0.05, 0.1) is 22.6 Å². The summed E-state index contributed by atoms with van der Waals surface area (Å²) in [5, 5.41) is 13.6. The van der Waals surface area contributed by atoms with Crippen LogP contribution in [0.4, 0.5) is 16.2 Å². The number of aromatic nitrogens is 1. The Morgan fingerprint density at radius 1 is 1.15 bits per heavy atom. The number of ether oxygens (including phenoxy) is 1. The van der Waals surface area contributed by atoms with Gasteiger partial charge in [-0.15, -0.1) is 0 Å². The van der Waals surface area contributed by atoms with Crippen molar-refractivity contribution in [2.75, 3.05) is 12.4 Å². The van der Waals surface area contributed by atoms with E-state index in [4.69, 9.17) is 20.8 Å². The SMILES string of the molecule is COc1ccc(C(=O)SNC(=O)Nc2ccc3oc(-c4ccccc4Cl)nc3c2)cc1[N+](=O)[O-]. The highest BCUT2D eigenvalue weighted by Crippen LogP contribution is 2.31. The van der Waals surface area contributed by atoms with Gasteiger partial charge in [0.1, 0.15) is 5.52 Å². The molecule has 2 amide bonds. The molecule has 0 unspecified atom stereocenters. The molecule has 34 heavy (non-hydrogen) atoms. The number of oxazole rings is 1. The molecule has 0 aliphatic rings. The number of nitrogens with zero attached hydrogens (tertiary/aromatic N) is 2. The molecule has 4 aromatic rings. The van der Waals surface area contributed by atoms with Gasteiger partial charge in [-0.25, -0.2) is 9.78 Å². The molecule has 1 heterocycles. The molecular weight excluding hydrogens is 484 g/mol. The van der Waals surface area contributed by atoms with Crippen LogP contribution in [0.1, 0.15) is 10.4 Å². The Labute approximate surface area is 201 Å². The van der Waals surface area contributed by atoms with E-state index in [0.717, 1.165) is 6.07 Å². The minimum Gasteiger partial charge on any atom is -0.490 e. The van der Waals surface area contributed by atoms with Crippen LogP contribution in [-0.2, 0) is 0 Å². The van der Waals surface area contributed by atoms with Crippen LogP contribution in [0.25, 0.3) is 22.6 Å². The van der Waals surface area contributed by atoms with E-state index in [1.165, 1.54) is 19.2 Å². The molecule has 1 aromatic heterocycles. The monoisotopic (exact) mass is 498 g/mol. The third-order valence-electron chi connectivity index (χ3n) is 4.60. The normalized spacial score (nSPS) is 10.6. The number of benzene rings is 3. The van der Waals surface area contributed by atoms with E-state index < -0.39 is 16.1 Å². The summed E-state index contributed by atoms with van der Waals surface area (Å²) in [4.78, 5) is 39.5. The predicted octanol–water partition coefficient (Wildman–Crippen LogP) is 5.68. The highest BCUT2D eigenvalue weighted by atomic mass is 35.5. The van der Waals surface area contributed by atoms with Gasteiger partial charge < -0.3 is 14.5 Å². The Morgan fingerprint density at radius 2 is 1.94 bits per heavy atom. The van der Waals surface area contributed by atoms with E-state index in [2.05, 4.69) is 15.0 Å². The molecule has 12 heteroatoms. The maximum Gasteiger partial charge on any atom is 0.329 e. The van der Waals surface area contributed by atoms with Gasteiger partial charge in [0, 0.05) is 29.3 Å². The second kappa shape index (κ2) is 9.81. The number of carbonyl (C=O) groups excluding carboxylic acids is 2. The summed E-state index contributed by atoms with van der Waals surface area (Å²) < 4.78 is 13.0. The van der Waals surface area contributed by atoms with E-state index in [1.54, 1.807) is 36.4 Å². The smallest absolute Gasteiger partial charge is 0.329 e. The zero-order valence-corrected chi connectivity index (χ0v) is 19.0. The Balaban J connectivity index is 1.41. The quantitative estimate of drug-likeness (QED) is 0.204. The first kappa shape index (κ1) is 23.1. The Morgan fingerprint density at radius 3 is 2.68 bits per heavy atom. The molecular formula is C22H15ClN4O6S. The topological polar surface area (TPSA) is 137 Å². The lowest BCUT2D eigenvalue weighted by atomic mass is 10.2. The highest BCUT2D eigenvalue weighted by Gasteiger charge is 2.19. The molecule has 0 saturated heterocycles. The summed E-state index contributed by atoms with van der Waals surface area (Å²) in [5.41, 5.74) is 1.75. The zero-order chi connectivity index (χ0) is 24.2. The van der Waals surface area contributed by atoms with E-state index in [1.807, 2.05) is 6.07 Å². The lowest BCUT2D eigenvalue weighted by Gasteiger charge is -2.07. The van der Waals surface area contributed by atoms with Crippen LogP contribution in [0, 0.1) is 10.1 Å². The Bertz CT molecular complexity index is 1420. The van der Waals surface area contributed by atoms with Gasteiger partial charge in [0.15, 0.2) is 11.3 Å². The highest BCUT2D eigenvalue weighted by molar-refractivity contribution is 8.12. The fourth-order valence-corrected chi connectivity index (χ4v) is 3.72. The lowest BCUT2D eigenvalue weighted by Crippen LogP contribution is -2.24. The number of rotatable bonds is 5. The van der Waals surface area contributed by atoms with Gasteiger partial charge >= 0.3 is 11.7 Å². The third kappa shape index (κ3) is 4.95. The second-order valence-corrected chi connectivity index (χ2v) is 7.96.